The Balaban J connectivity index is 2.21. The number of benzene rings is 1. The lowest BCUT2D eigenvalue weighted by Crippen LogP contribution is -2.51. The van der Waals surface area contributed by atoms with Crippen LogP contribution in [0.4, 0.5) is 4.39 Å². The van der Waals surface area contributed by atoms with Gasteiger partial charge in [0.25, 0.3) is 0 Å². The molecule has 148 valence electrons. The summed E-state index contributed by atoms with van der Waals surface area (Å²) < 4.78 is 18.0. The van der Waals surface area contributed by atoms with Crippen molar-refractivity contribution < 1.29 is 9.18 Å². The zero-order valence-corrected chi connectivity index (χ0v) is 18.4. The predicted molar refractivity (Wildman–Crippen MR) is 113 cm³/mol. The number of aromatic nitrogens is 1. The zero-order valence-electron chi connectivity index (χ0n) is 17.4. The molecule has 0 aliphatic carbocycles. The van der Waals surface area contributed by atoms with Crippen molar-refractivity contribution in [1.82, 2.24) is 9.55 Å². The van der Waals surface area contributed by atoms with Gasteiger partial charge in [0.05, 0.1) is 6.04 Å². The highest BCUT2D eigenvalue weighted by molar-refractivity contribution is 6.82. The van der Waals surface area contributed by atoms with Crippen LogP contribution in [-0.2, 0) is 4.79 Å². The summed E-state index contributed by atoms with van der Waals surface area (Å²) in [4.78, 5) is 11.6. The fourth-order valence-electron chi connectivity index (χ4n) is 5.65. The van der Waals surface area contributed by atoms with Gasteiger partial charge in [-0.15, -0.1) is 0 Å². The second kappa shape index (κ2) is 7.42. The first-order chi connectivity index (χ1) is 12.7. The number of rotatable bonds is 6. The summed E-state index contributed by atoms with van der Waals surface area (Å²) >= 11 is 0. The van der Waals surface area contributed by atoms with E-state index >= 15 is 4.39 Å². The molecule has 0 spiro atoms. The smallest absolute Gasteiger partial charge is 0.220 e. The Morgan fingerprint density at radius 2 is 1.67 bits per heavy atom. The molecule has 1 aromatic carbocycles. The summed E-state index contributed by atoms with van der Waals surface area (Å²) in [6.07, 6.45) is 1.92. The number of carbonyl (C=O) groups is 1. The number of hydrogen-bond donors (Lipinski definition) is 1. The van der Waals surface area contributed by atoms with Crippen molar-refractivity contribution in [1.29, 1.82) is 0 Å². The highest BCUT2D eigenvalue weighted by Gasteiger charge is 2.46. The topological polar surface area (TPSA) is 34.0 Å². The summed E-state index contributed by atoms with van der Waals surface area (Å²) in [7, 11) is -1.98. The van der Waals surface area contributed by atoms with Crippen molar-refractivity contribution in [3.8, 4) is 0 Å². The van der Waals surface area contributed by atoms with E-state index in [9.17, 15) is 4.79 Å². The van der Waals surface area contributed by atoms with Gasteiger partial charge in [-0.25, -0.2) is 4.39 Å². The molecule has 3 rings (SSSR count). The van der Waals surface area contributed by atoms with Crippen LogP contribution < -0.4 is 5.32 Å². The fraction of sp³-hybridized carbons (Fsp3) is 0.591. The van der Waals surface area contributed by atoms with E-state index in [1.807, 2.05) is 18.2 Å². The first-order valence-corrected chi connectivity index (χ1v) is 12.4. The molecule has 2 atom stereocenters. The third kappa shape index (κ3) is 3.14. The summed E-state index contributed by atoms with van der Waals surface area (Å²) in [6.45, 7) is 13.9. The first-order valence-electron chi connectivity index (χ1n) is 10.2. The van der Waals surface area contributed by atoms with E-state index in [4.69, 9.17) is 0 Å². The second-order valence-corrected chi connectivity index (χ2v) is 14.7. The molecule has 0 bridgehead atoms. The van der Waals surface area contributed by atoms with Crippen LogP contribution in [0.5, 0.6) is 0 Å². The summed E-state index contributed by atoms with van der Waals surface area (Å²) in [6, 6.07) is 7.79. The normalized spacial score (nSPS) is 19.5. The molecule has 1 aliphatic heterocycles. The van der Waals surface area contributed by atoms with Gasteiger partial charge in [0.2, 0.25) is 5.91 Å². The minimum atomic E-state index is -1.98. The van der Waals surface area contributed by atoms with E-state index in [1.165, 1.54) is 0 Å². The van der Waals surface area contributed by atoms with E-state index in [0.29, 0.717) is 29.5 Å². The van der Waals surface area contributed by atoms with Crippen LogP contribution in [0.3, 0.4) is 0 Å². The third-order valence-electron chi connectivity index (χ3n) is 6.61. The van der Waals surface area contributed by atoms with E-state index in [2.05, 4.69) is 63.4 Å². The molecule has 1 aromatic heterocycles. The van der Waals surface area contributed by atoms with Gasteiger partial charge >= 0.3 is 0 Å². The molecule has 2 aromatic rings. The van der Waals surface area contributed by atoms with Crippen molar-refractivity contribution in [2.75, 3.05) is 0 Å². The number of fused-ring (bicyclic) bond motifs is 1. The van der Waals surface area contributed by atoms with Crippen LogP contribution in [0, 0.1) is 0 Å². The molecule has 1 N–H and O–H groups in total. The number of para-hydroxylation sites is 1. The van der Waals surface area contributed by atoms with Crippen LogP contribution in [0.25, 0.3) is 10.9 Å². The van der Waals surface area contributed by atoms with E-state index in [0.717, 1.165) is 16.5 Å². The zero-order chi connectivity index (χ0) is 19.9. The van der Waals surface area contributed by atoms with Gasteiger partial charge in [-0.1, -0.05) is 59.7 Å². The maximum Gasteiger partial charge on any atom is 0.220 e. The van der Waals surface area contributed by atoms with Gasteiger partial charge in [-0.3, -0.25) is 4.79 Å². The van der Waals surface area contributed by atoms with Gasteiger partial charge in [0, 0.05) is 29.1 Å². The summed E-state index contributed by atoms with van der Waals surface area (Å²) in [5.74, 6) is -0.0401. The van der Waals surface area contributed by atoms with Gasteiger partial charge < -0.3 is 9.55 Å². The Morgan fingerprint density at radius 1 is 1.07 bits per heavy atom. The van der Waals surface area contributed by atoms with Crippen molar-refractivity contribution in [2.45, 2.75) is 83.2 Å². The predicted octanol–water partition coefficient (Wildman–Crippen LogP) is 5.95. The van der Waals surface area contributed by atoms with Crippen LogP contribution in [0.2, 0.25) is 16.6 Å². The van der Waals surface area contributed by atoms with Crippen molar-refractivity contribution in [2.24, 2.45) is 0 Å². The van der Waals surface area contributed by atoms with Crippen molar-refractivity contribution in [3.05, 3.63) is 36.0 Å². The molecule has 2 unspecified atom stereocenters. The molecule has 1 aliphatic rings. The Labute approximate surface area is 163 Å². The fourth-order valence-corrected chi connectivity index (χ4v) is 12.3. The number of amides is 1. The maximum atomic E-state index is 15.5. The lowest BCUT2D eigenvalue weighted by atomic mass is 10.0. The van der Waals surface area contributed by atoms with Gasteiger partial charge in [-0.05, 0) is 29.1 Å². The lowest BCUT2D eigenvalue weighted by Gasteiger charge is -2.44. The minimum absolute atomic E-state index is 0.0401. The maximum absolute atomic E-state index is 15.5. The standard InChI is InChI=1S/C22H33FN2OSi/c1-14(2)27(15(3)4,16(5)6)25-13-18(17-9-7-8-10-20(17)25)22(23)19-11-12-21(26)24-19/h7-10,13-16,19,22H,11-12H2,1-6H3,(H,24,26). The summed E-state index contributed by atoms with van der Waals surface area (Å²) in [5, 5.41) is 3.81. The van der Waals surface area contributed by atoms with E-state index in [-0.39, 0.29) is 5.91 Å². The van der Waals surface area contributed by atoms with Gasteiger partial charge in [0.15, 0.2) is 8.24 Å². The highest BCUT2D eigenvalue weighted by atomic mass is 28.3. The largest absolute Gasteiger partial charge is 0.373 e. The first kappa shape index (κ1) is 20.1. The van der Waals surface area contributed by atoms with Gasteiger partial charge in [-0.2, -0.15) is 0 Å². The number of halogens is 1. The average Bonchev–Trinajstić information content (AvgIpc) is 3.19. The molecule has 0 saturated carbocycles. The molecule has 2 heterocycles. The molecule has 27 heavy (non-hydrogen) atoms. The monoisotopic (exact) mass is 388 g/mol. The average molecular weight is 389 g/mol. The molecule has 5 heteroatoms. The number of nitrogens with zero attached hydrogens (tertiary/aromatic N) is 1. The molecule has 0 radical (unpaired) electrons. The minimum Gasteiger partial charge on any atom is -0.373 e. The Kier molecular flexibility index (Phi) is 5.53. The molecule has 1 amide bonds. The van der Waals surface area contributed by atoms with Crippen LogP contribution in [-0.4, -0.2) is 24.4 Å². The van der Waals surface area contributed by atoms with E-state index < -0.39 is 20.4 Å². The van der Waals surface area contributed by atoms with Crippen LogP contribution >= 0.6 is 0 Å². The molecular formula is C22H33FN2OSi. The molecule has 1 saturated heterocycles. The number of alkyl halides is 1. The Hall–Kier alpha value is -1.62. The third-order valence-corrected chi connectivity index (χ3v) is 13.4. The highest BCUT2D eigenvalue weighted by Crippen LogP contribution is 2.46. The SMILES string of the molecule is CC(C)[Si](C(C)C)(C(C)C)n1cc(C(F)C2CCC(=O)N2)c2ccccc21. The van der Waals surface area contributed by atoms with E-state index in [1.54, 1.807) is 0 Å². The molecule has 3 nitrogen and oxygen atoms in total. The quantitative estimate of drug-likeness (QED) is 0.609. The lowest BCUT2D eigenvalue weighted by molar-refractivity contribution is -0.119. The van der Waals surface area contributed by atoms with Crippen molar-refractivity contribution >= 4 is 25.0 Å². The molecular weight excluding hydrogens is 355 g/mol. The Bertz CT molecular complexity index is 805. The molecule has 1 fully saturated rings. The van der Waals surface area contributed by atoms with Crippen LogP contribution in [0.1, 0.15) is 66.1 Å². The summed E-state index contributed by atoms with van der Waals surface area (Å²) in [5.41, 5.74) is 3.47. The number of nitrogens with one attached hydrogen (secondary N) is 1. The number of hydrogen-bond acceptors (Lipinski definition) is 1. The number of carbonyl (C=O) groups excluding carboxylic acids is 1. The Morgan fingerprint density at radius 3 is 2.19 bits per heavy atom. The van der Waals surface area contributed by atoms with Gasteiger partial charge in [0.1, 0.15) is 6.17 Å². The second-order valence-electron chi connectivity index (χ2n) is 8.94. The van der Waals surface area contributed by atoms with Crippen molar-refractivity contribution in [3.63, 3.8) is 0 Å². The van der Waals surface area contributed by atoms with Crippen LogP contribution in [0.15, 0.2) is 30.5 Å².